The molecule has 0 aliphatic carbocycles. The highest BCUT2D eigenvalue weighted by Gasteiger charge is 2.59. The van der Waals surface area contributed by atoms with E-state index in [4.69, 9.17) is 17.0 Å². The van der Waals surface area contributed by atoms with Crippen LogP contribution in [-0.2, 0) is 5.92 Å². The van der Waals surface area contributed by atoms with Crippen LogP contribution in [0.3, 0.4) is 0 Å². The van der Waals surface area contributed by atoms with Crippen LogP contribution >= 0.6 is 12.2 Å². The first-order chi connectivity index (χ1) is 15.2. The van der Waals surface area contributed by atoms with Crippen LogP contribution in [0.15, 0.2) is 47.0 Å². The summed E-state index contributed by atoms with van der Waals surface area (Å²) in [5.74, 6) is -5.05. The standard InChI is InChI=1S/C22H22F5N3O2S/c1-5-28-19(33)29-18-17(30-11-7-6-8-15(30)31)16-12(2)13(21(23,24)22(25,26)27)9-10-14(16)32-20(18,3)4/h6-11H,5H2,1-4H3,(H2,28,29,33). The molecule has 0 radical (unpaired) electrons. The molecule has 0 fully saturated rings. The van der Waals surface area contributed by atoms with Gasteiger partial charge in [0.1, 0.15) is 11.4 Å². The molecule has 2 aromatic rings. The normalized spacial score (nSPS) is 15.5. The van der Waals surface area contributed by atoms with E-state index in [0.717, 1.165) is 13.0 Å². The maximum atomic E-state index is 14.4. The molecule has 11 heteroatoms. The minimum Gasteiger partial charge on any atom is -0.481 e. The smallest absolute Gasteiger partial charge is 0.458 e. The number of hydrogen-bond donors (Lipinski definition) is 2. The van der Waals surface area contributed by atoms with Gasteiger partial charge in [0, 0.05) is 29.9 Å². The van der Waals surface area contributed by atoms with E-state index in [1.807, 2.05) is 0 Å². The van der Waals surface area contributed by atoms with Gasteiger partial charge in [-0.3, -0.25) is 9.36 Å². The average Bonchev–Trinajstić information content (AvgIpc) is 2.68. The molecule has 1 aromatic heterocycles. The Morgan fingerprint density at radius 2 is 1.82 bits per heavy atom. The third kappa shape index (κ3) is 4.33. The number of nitrogens with zero attached hydrogens (tertiary/aromatic N) is 1. The maximum absolute atomic E-state index is 14.4. The molecular weight excluding hydrogens is 465 g/mol. The molecule has 1 aromatic carbocycles. The van der Waals surface area contributed by atoms with E-state index >= 15 is 0 Å². The number of rotatable bonds is 4. The average molecular weight is 487 g/mol. The van der Waals surface area contributed by atoms with Crippen molar-refractivity contribution in [3.8, 4) is 5.75 Å². The molecule has 0 spiro atoms. The minimum atomic E-state index is -5.80. The number of hydrogen-bond acceptors (Lipinski definition) is 3. The number of nitrogens with one attached hydrogen (secondary N) is 2. The fraction of sp³-hybridized carbons (Fsp3) is 0.364. The summed E-state index contributed by atoms with van der Waals surface area (Å²) in [6, 6.07) is 6.04. The van der Waals surface area contributed by atoms with Crippen molar-refractivity contribution in [2.24, 2.45) is 0 Å². The Hall–Kier alpha value is -2.95. The van der Waals surface area contributed by atoms with Crippen molar-refractivity contribution in [2.45, 2.75) is 45.4 Å². The third-order valence-corrected chi connectivity index (χ3v) is 5.45. The molecule has 3 rings (SSSR count). The second-order valence-corrected chi connectivity index (χ2v) is 8.32. The lowest BCUT2D eigenvalue weighted by molar-refractivity contribution is -0.289. The summed E-state index contributed by atoms with van der Waals surface area (Å²) in [6.07, 6.45) is -4.41. The number of alkyl halides is 5. The third-order valence-electron chi connectivity index (χ3n) is 5.20. The highest BCUT2D eigenvalue weighted by Crippen LogP contribution is 2.49. The maximum Gasteiger partial charge on any atom is 0.458 e. The lowest BCUT2D eigenvalue weighted by atomic mass is 9.88. The molecule has 178 valence electrons. The Kier molecular flexibility index (Phi) is 6.31. The molecule has 1 aliphatic heterocycles. The van der Waals surface area contributed by atoms with Gasteiger partial charge < -0.3 is 15.4 Å². The van der Waals surface area contributed by atoms with Crippen LogP contribution < -0.4 is 20.9 Å². The molecule has 2 N–H and O–H groups in total. The van der Waals surface area contributed by atoms with Crippen LogP contribution in [-0.4, -0.2) is 28.0 Å². The van der Waals surface area contributed by atoms with E-state index < -0.39 is 28.8 Å². The van der Waals surface area contributed by atoms with Crippen LogP contribution in [0, 0.1) is 6.92 Å². The molecule has 1 aliphatic rings. The molecule has 0 saturated carbocycles. The van der Waals surface area contributed by atoms with Gasteiger partial charge in [0.15, 0.2) is 5.11 Å². The van der Waals surface area contributed by atoms with Gasteiger partial charge in [-0.1, -0.05) is 6.07 Å². The summed E-state index contributed by atoms with van der Waals surface area (Å²) in [6.45, 7) is 6.74. The number of thiocarbonyl (C=S) groups is 1. The Morgan fingerprint density at radius 3 is 2.39 bits per heavy atom. The zero-order chi connectivity index (χ0) is 24.8. The van der Waals surface area contributed by atoms with Crippen molar-refractivity contribution < 1.29 is 26.7 Å². The Labute approximate surface area is 192 Å². The first kappa shape index (κ1) is 24.7. The van der Waals surface area contributed by atoms with Crippen LogP contribution in [0.5, 0.6) is 5.75 Å². The molecule has 0 saturated heterocycles. The molecule has 33 heavy (non-hydrogen) atoms. The second kappa shape index (κ2) is 8.44. The van der Waals surface area contributed by atoms with Crippen LogP contribution in [0.1, 0.15) is 37.5 Å². The monoisotopic (exact) mass is 487 g/mol. The molecule has 2 heterocycles. The van der Waals surface area contributed by atoms with Crippen molar-refractivity contribution in [3.05, 3.63) is 69.3 Å². The summed E-state index contributed by atoms with van der Waals surface area (Å²) in [7, 11) is 0. The molecule has 0 bridgehead atoms. The first-order valence-corrected chi connectivity index (χ1v) is 10.4. The summed E-state index contributed by atoms with van der Waals surface area (Å²) in [5.41, 5.74) is -3.02. The Bertz CT molecular complexity index is 1190. The van der Waals surface area contributed by atoms with Crippen LogP contribution in [0.4, 0.5) is 22.0 Å². The van der Waals surface area contributed by atoms with E-state index in [-0.39, 0.29) is 33.4 Å². The molecule has 0 amide bonds. The van der Waals surface area contributed by atoms with Gasteiger partial charge in [-0.15, -0.1) is 0 Å². The van der Waals surface area contributed by atoms with Gasteiger partial charge in [-0.25, -0.2) is 0 Å². The topological polar surface area (TPSA) is 55.3 Å². The zero-order valence-corrected chi connectivity index (χ0v) is 19.0. The lowest BCUT2D eigenvalue weighted by Gasteiger charge is -2.39. The summed E-state index contributed by atoms with van der Waals surface area (Å²) in [4.78, 5) is 12.7. The fourth-order valence-corrected chi connectivity index (χ4v) is 3.92. The molecule has 0 unspecified atom stereocenters. The van der Waals surface area contributed by atoms with Gasteiger partial charge in [0.2, 0.25) is 0 Å². The first-order valence-electron chi connectivity index (χ1n) is 9.98. The number of benzene rings is 1. The van der Waals surface area contributed by atoms with E-state index in [1.165, 1.54) is 22.9 Å². The lowest BCUT2D eigenvalue weighted by Crippen LogP contribution is -2.47. The number of fused-ring (bicyclic) bond motifs is 1. The summed E-state index contributed by atoms with van der Waals surface area (Å²) in [5, 5.41) is 6.00. The number of pyridine rings is 1. The fourth-order valence-electron chi connectivity index (χ4n) is 3.68. The van der Waals surface area contributed by atoms with Gasteiger partial charge >= 0.3 is 12.1 Å². The number of aromatic nitrogens is 1. The molecular formula is C22H22F5N3O2S. The summed E-state index contributed by atoms with van der Waals surface area (Å²) < 4.78 is 75.4. The van der Waals surface area contributed by atoms with E-state index in [0.29, 0.717) is 12.6 Å². The minimum absolute atomic E-state index is 0.0601. The van der Waals surface area contributed by atoms with Crippen LogP contribution in [0.2, 0.25) is 0 Å². The van der Waals surface area contributed by atoms with Crippen molar-refractivity contribution in [2.75, 3.05) is 6.54 Å². The molecule has 5 nitrogen and oxygen atoms in total. The van der Waals surface area contributed by atoms with E-state index in [9.17, 15) is 26.7 Å². The quantitative estimate of drug-likeness (QED) is 0.485. The van der Waals surface area contributed by atoms with Crippen molar-refractivity contribution in [1.82, 2.24) is 15.2 Å². The predicted molar refractivity (Wildman–Crippen MR) is 118 cm³/mol. The highest BCUT2D eigenvalue weighted by atomic mass is 32.1. The molecule has 0 atom stereocenters. The van der Waals surface area contributed by atoms with Crippen LogP contribution in [0.25, 0.3) is 5.70 Å². The van der Waals surface area contributed by atoms with Crippen molar-refractivity contribution in [1.29, 1.82) is 0 Å². The highest BCUT2D eigenvalue weighted by molar-refractivity contribution is 7.80. The zero-order valence-electron chi connectivity index (χ0n) is 18.2. The number of halogens is 5. The van der Waals surface area contributed by atoms with Gasteiger partial charge in [-0.2, -0.15) is 22.0 Å². The SMILES string of the molecule is CCNC(=S)NC1=C(n2ccccc2=O)c2c(ccc(C(F)(F)C(F)(F)F)c2C)OC1(C)C. The van der Waals surface area contributed by atoms with Gasteiger partial charge in [-0.05, 0) is 63.7 Å². The van der Waals surface area contributed by atoms with E-state index in [2.05, 4.69) is 10.6 Å². The Morgan fingerprint density at radius 1 is 1.15 bits per heavy atom. The van der Waals surface area contributed by atoms with Crippen molar-refractivity contribution in [3.63, 3.8) is 0 Å². The Balaban J connectivity index is 2.42. The van der Waals surface area contributed by atoms with Gasteiger partial charge in [0.25, 0.3) is 5.56 Å². The number of ether oxygens (including phenoxy) is 1. The van der Waals surface area contributed by atoms with Crippen molar-refractivity contribution >= 4 is 23.0 Å². The van der Waals surface area contributed by atoms with Gasteiger partial charge in [0.05, 0.1) is 11.4 Å². The largest absolute Gasteiger partial charge is 0.481 e. The summed E-state index contributed by atoms with van der Waals surface area (Å²) >= 11 is 5.27. The predicted octanol–water partition coefficient (Wildman–Crippen LogP) is 4.68. The second-order valence-electron chi connectivity index (χ2n) is 7.91. The van der Waals surface area contributed by atoms with E-state index in [1.54, 1.807) is 26.8 Å².